The molecule has 0 aromatic heterocycles. The maximum absolute atomic E-state index is 8.00. The van der Waals surface area contributed by atoms with Crippen LogP contribution < -0.4 is 0 Å². The summed E-state index contributed by atoms with van der Waals surface area (Å²) in [6.45, 7) is 35.0. The second-order valence-electron chi connectivity index (χ2n) is 11.1. The van der Waals surface area contributed by atoms with Crippen molar-refractivity contribution in [1.29, 1.82) is 0 Å². The third kappa shape index (κ3) is 36.7. The number of allylic oxidation sites excluding steroid dienone is 5. The zero-order valence-corrected chi connectivity index (χ0v) is 33.0. The smallest absolute Gasteiger partial charge is 0.106 e. The van der Waals surface area contributed by atoms with Crippen molar-refractivity contribution >= 4 is 13.0 Å². The Morgan fingerprint density at radius 1 is 0.864 bits per heavy atom. The number of carbonyl (C=O) groups is 1. The van der Waals surface area contributed by atoms with Gasteiger partial charge in [0.15, 0.2) is 0 Å². The molecule has 2 atom stereocenters. The minimum atomic E-state index is 0.653. The predicted octanol–water partition coefficient (Wildman–Crippen LogP) is 14.0. The molecule has 0 heterocycles. The predicted molar refractivity (Wildman–Crippen MR) is 205 cm³/mol. The SMILES string of the molecule is C=O.CC.CC.CC.CC.CC1CCC(C)CC1.CC=N/C(=C\C)COCCCCC1CC1C.CCCC1=CC=C(C)CC1. The molecule has 0 radical (unpaired) electrons. The molecule has 0 amide bonds. The highest BCUT2D eigenvalue weighted by Gasteiger charge is 2.31. The van der Waals surface area contributed by atoms with Gasteiger partial charge in [0.1, 0.15) is 6.79 Å². The second kappa shape index (κ2) is 43.6. The fraction of sp³-hybridized carbons (Fsp3) is 0.805. The Morgan fingerprint density at radius 2 is 1.36 bits per heavy atom. The number of carbonyl (C=O) groups excluding carboxylic acids is 1. The Balaban J connectivity index is -0.000000157. The molecule has 0 aromatic carbocycles. The van der Waals surface area contributed by atoms with E-state index in [4.69, 9.17) is 9.53 Å². The Morgan fingerprint density at radius 3 is 1.73 bits per heavy atom. The van der Waals surface area contributed by atoms with Crippen LogP contribution in [0.15, 0.2) is 40.1 Å². The van der Waals surface area contributed by atoms with Crippen LogP contribution >= 0.6 is 0 Å². The summed E-state index contributed by atoms with van der Waals surface area (Å²) in [6, 6.07) is 0. The van der Waals surface area contributed by atoms with E-state index >= 15 is 0 Å². The third-order valence-corrected chi connectivity index (χ3v) is 7.59. The normalized spacial score (nSPS) is 21.2. The van der Waals surface area contributed by atoms with Crippen LogP contribution in [0.25, 0.3) is 0 Å². The van der Waals surface area contributed by atoms with Crippen LogP contribution in [0.1, 0.15) is 181 Å². The molecule has 3 nitrogen and oxygen atoms in total. The van der Waals surface area contributed by atoms with Gasteiger partial charge in [0.05, 0.1) is 12.3 Å². The maximum Gasteiger partial charge on any atom is 0.106 e. The zero-order valence-electron chi connectivity index (χ0n) is 33.0. The van der Waals surface area contributed by atoms with Gasteiger partial charge in [0.2, 0.25) is 0 Å². The molecule has 264 valence electrons. The quantitative estimate of drug-likeness (QED) is 0.180. The Hall–Kier alpha value is -1.48. The van der Waals surface area contributed by atoms with E-state index < -0.39 is 0 Å². The van der Waals surface area contributed by atoms with Crippen LogP contribution in [0.2, 0.25) is 0 Å². The van der Waals surface area contributed by atoms with Gasteiger partial charge in [-0.3, -0.25) is 4.99 Å². The van der Waals surface area contributed by atoms with Gasteiger partial charge in [0.25, 0.3) is 0 Å². The minimum absolute atomic E-state index is 0.653. The topological polar surface area (TPSA) is 38.7 Å². The first kappa shape index (κ1) is 52.1. The summed E-state index contributed by atoms with van der Waals surface area (Å²) in [6.07, 6.45) is 24.8. The summed E-state index contributed by atoms with van der Waals surface area (Å²) in [5, 5.41) is 0. The van der Waals surface area contributed by atoms with Gasteiger partial charge in [0, 0.05) is 12.8 Å². The number of hydrogen-bond acceptors (Lipinski definition) is 3. The lowest BCUT2D eigenvalue weighted by atomic mass is 9.84. The van der Waals surface area contributed by atoms with E-state index in [9.17, 15) is 0 Å². The molecule has 0 aliphatic heterocycles. The lowest BCUT2D eigenvalue weighted by Gasteiger charge is -2.22. The molecular formula is C41H83NO2. The zero-order chi connectivity index (χ0) is 35.2. The lowest BCUT2D eigenvalue weighted by molar-refractivity contribution is -0.0980. The van der Waals surface area contributed by atoms with E-state index in [1.165, 1.54) is 82.6 Å². The molecule has 3 heteroatoms. The van der Waals surface area contributed by atoms with Crippen molar-refractivity contribution in [3.63, 3.8) is 0 Å². The van der Waals surface area contributed by atoms with E-state index in [1.807, 2.05) is 88.3 Å². The van der Waals surface area contributed by atoms with Gasteiger partial charge in [-0.25, -0.2) is 0 Å². The van der Waals surface area contributed by atoms with Gasteiger partial charge in [-0.2, -0.15) is 0 Å². The highest BCUT2D eigenvalue weighted by Crippen LogP contribution is 2.41. The maximum atomic E-state index is 8.00. The average molecular weight is 622 g/mol. The number of hydrogen-bond donors (Lipinski definition) is 0. The van der Waals surface area contributed by atoms with Crippen LogP contribution in [-0.4, -0.2) is 26.2 Å². The van der Waals surface area contributed by atoms with E-state index in [0.29, 0.717) is 6.61 Å². The summed E-state index contributed by atoms with van der Waals surface area (Å²) in [5.74, 6) is 4.06. The van der Waals surface area contributed by atoms with Crippen molar-refractivity contribution in [2.24, 2.45) is 28.7 Å². The van der Waals surface area contributed by atoms with Gasteiger partial charge >= 0.3 is 0 Å². The Kier molecular flexibility index (Phi) is 51.7. The van der Waals surface area contributed by atoms with Gasteiger partial charge < -0.3 is 9.53 Å². The summed E-state index contributed by atoms with van der Waals surface area (Å²) < 4.78 is 5.59. The van der Waals surface area contributed by atoms with Crippen LogP contribution in [0.4, 0.5) is 0 Å². The molecule has 2 fully saturated rings. The molecule has 0 saturated heterocycles. The minimum Gasteiger partial charge on any atom is -0.375 e. The number of unbranched alkanes of at least 4 members (excludes halogenated alkanes) is 1. The summed E-state index contributed by atoms with van der Waals surface area (Å²) >= 11 is 0. The van der Waals surface area contributed by atoms with Gasteiger partial charge in [-0.1, -0.05) is 157 Å². The van der Waals surface area contributed by atoms with Crippen molar-refractivity contribution < 1.29 is 9.53 Å². The number of rotatable bonds is 10. The molecule has 0 aromatic rings. The molecule has 2 saturated carbocycles. The molecule has 3 aliphatic rings. The van der Waals surface area contributed by atoms with Gasteiger partial charge in [-0.05, 0) is 76.5 Å². The van der Waals surface area contributed by atoms with Crippen molar-refractivity contribution in [3.8, 4) is 0 Å². The van der Waals surface area contributed by atoms with E-state index in [0.717, 1.165) is 36.0 Å². The van der Waals surface area contributed by atoms with Gasteiger partial charge in [-0.15, -0.1) is 0 Å². The first-order valence-corrected chi connectivity index (χ1v) is 18.7. The number of ether oxygens (including phenoxy) is 1. The lowest BCUT2D eigenvalue weighted by Crippen LogP contribution is -2.08. The molecule has 44 heavy (non-hydrogen) atoms. The Bertz CT molecular complexity index is 640. The average Bonchev–Trinajstić information content (AvgIpc) is 3.80. The molecule has 0 spiro atoms. The summed E-state index contributed by atoms with van der Waals surface area (Å²) in [4.78, 5) is 12.2. The van der Waals surface area contributed by atoms with Crippen molar-refractivity contribution in [3.05, 3.63) is 35.1 Å². The molecule has 3 aliphatic carbocycles. The van der Waals surface area contributed by atoms with Crippen molar-refractivity contribution in [2.75, 3.05) is 13.2 Å². The number of aliphatic imine (C=N–C) groups is 1. The second-order valence-corrected chi connectivity index (χ2v) is 11.1. The molecule has 0 N–H and O–H groups in total. The van der Waals surface area contributed by atoms with E-state index in [-0.39, 0.29) is 0 Å². The highest BCUT2D eigenvalue weighted by atomic mass is 16.5. The standard InChI is InChI=1S/C14H25NO.C10H16.C8H16.4C2H6.CH2O/c1-4-14(15-5-2)11-16-9-7-6-8-13-10-12(13)3;1-3-4-10-7-5-9(2)6-8-10;1-7-3-5-8(2)6-4-7;5*1-2/h4-5,12-13H,6-11H2,1-3H3;5,7H,3-4,6,8H2,1-2H3;7-8H,3-6H2,1-2H3;4*1-2H3;1H2/b14-4-,15-5?;;;;;;;. The Labute approximate surface area is 279 Å². The summed E-state index contributed by atoms with van der Waals surface area (Å²) in [5.41, 5.74) is 4.19. The fourth-order valence-electron chi connectivity index (χ4n) is 4.69. The fourth-order valence-corrected chi connectivity index (χ4v) is 4.69. The largest absolute Gasteiger partial charge is 0.375 e. The van der Waals surface area contributed by atoms with Crippen LogP contribution in [0, 0.1) is 23.7 Å². The van der Waals surface area contributed by atoms with E-state index in [1.54, 1.807) is 5.57 Å². The first-order valence-electron chi connectivity index (χ1n) is 18.7. The van der Waals surface area contributed by atoms with E-state index in [2.05, 4.69) is 51.8 Å². The van der Waals surface area contributed by atoms with Crippen LogP contribution in [-0.2, 0) is 9.53 Å². The monoisotopic (exact) mass is 622 g/mol. The first-order chi connectivity index (χ1) is 21.4. The third-order valence-electron chi connectivity index (χ3n) is 7.59. The molecular weight excluding hydrogens is 538 g/mol. The molecule has 3 rings (SSSR count). The van der Waals surface area contributed by atoms with Crippen LogP contribution in [0.3, 0.4) is 0 Å². The summed E-state index contributed by atoms with van der Waals surface area (Å²) in [7, 11) is 0. The van der Waals surface area contributed by atoms with Crippen LogP contribution in [0.5, 0.6) is 0 Å². The van der Waals surface area contributed by atoms with Crippen molar-refractivity contribution in [2.45, 2.75) is 181 Å². The highest BCUT2D eigenvalue weighted by molar-refractivity contribution is 5.55. The molecule has 0 bridgehead atoms. The number of nitrogens with zero attached hydrogens (tertiary/aromatic N) is 1. The van der Waals surface area contributed by atoms with Crippen molar-refractivity contribution in [1.82, 2.24) is 0 Å². The molecule has 2 unspecified atom stereocenters.